The minimum Gasteiger partial charge on any atom is -0.370 e. The molecule has 0 radical (unpaired) electrons. The van der Waals surface area contributed by atoms with Gasteiger partial charge in [0.15, 0.2) is 0 Å². The first-order valence-electron chi connectivity index (χ1n) is 5.69. The summed E-state index contributed by atoms with van der Waals surface area (Å²) < 4.78 is 0. The van der Waals surface area contributed by atoms with E-state index in [1.165, 1.54) is 29.7 Å². The van der Waals surface area contributed by atoms with Crippen molar-refractivity contribution >= 4 is 5.69 Å². The van der Waals surface area contributed by atoms with E-state index in [0.717, 1.165) is 6.54 Å². The molecule has 1 heterocycles. The van der Waals surface area contributed by atoms with Gasteiger partial charge in [0.1, 0.15) is 0 Å². The van der Waals surface area contributed by atoms with Gasteiger partial charge in [-0.05, 0) is 38.4 Å². The van der Waals surface area contributed by atoms with Gasteiger partial charge in [0.25, 0.3) is 0 Å². The fourth-order valence-corrected chi connectivity index (χ4v) is 2.45. The Labute approximate surface area is 92.3 Å². The Kier molecular flexibility index (Phi) is 2.96. The lowest BCUT2D eigenvalue weighted by Crippen LogP contribution is -2.42. The number of rotatable bonds is 2. The zero-order valence-corrected chi connectivity index (χ0v) is 9.88. The fourth-order valence-electron chi connectivity index (χ4n) is 2.45. The van der Waals surface area contributed by atoms with E-state index in [4.69, 9.17) is 0 Å². The number of aryl methyl sites for hydroxylation is 2. The molecule has 1 unspecified atom stereocenters. The summed E-state index contributed by atoms with van der Waals surface area (Å²) in [5.74, 6) is 0. The molecule has 2 rings (SSSR count). The van der Waals surface area contributed by atoms with Crippen molar-refractivity contribution in [3.8, 4) is 0 Å². The highest BCUT2D eigenvalue weighted by atomic mass is 15.2. The predicted molar refractivity (Wildman–Crippen MR) is 65.6 cm³/mol. The zero-order chi connectivity index (χ0) is 10.8. The average molecular weight is 204 g/mol. The van der Waals surface area contributed by atoms with Gasteiger partial charge in [0.2, 0.25) is 0 Å². The van der Waals surface area contributed by atoms with E-state index in [9.17, 15) is 0 Å². The lowest BCUT2D eigenvalue weighted by Gasteiger charge is -2.36. The number of nitrogens with zero attached hydrogens (tertiary/aromatic N) is 1. The standard InChI is InChI=1S/C13H20N2/c1-10-4-7-13-11(8-10)5-6-12(9-14-2)15(13)3/h4,7-8,12,14H,5-6,9H2,1-3H3. The molecule has 0 saturated carbocycles. The van der Waals surface area contributed by atoms with Crippen LogP contribution in [0.1, 0.15) is 17.5 Å². The molecule has 1 N–H and O–H groups in total. The van der Waals surface area contributed by atoms with Crippen LogP contribution in [-0.2, 0) is 6.42 Å². The molecule has 2 nitrogen and oxygen atoms in total. The number of nitrogens with one attached hydrogen (secondary N) is 1. The molecule has 1 aromatic rings. The smallest absolute Gasteiger partial charge is 0.0414 e. The Balaban J connectivity index is 2.26. The molecular weight excluding hydrogens is 184 g/mol. The molecule has 82 valence electrons. The summed E-state index contributed by atoms with van der Waals surface area (Å²) >= 11 is 0. The molecule has 0 amide bonds. The topological polar surface area (TPSA) is 15.3 Å². The molecule has 15 heavy (non-hydrogen) atoms. The predicted octanol–water partition coefficient (Wildman–Crippen LogP) is 1.97. The average Bonchev–Trinajstić information content (AvgIpc) is 2.22. The van der Waals surface area contributed by atoms with Crippen LogP contribution >= 0.6 is 0 Å². The minimum atomic E-state index is 0.644. The summed E-state index contributed by atoms with van der Waals surface area (Å²) in [7, 11) is 4.23. The molecule has 2 heteroatoms. The second-order valence-electron chi connectivity index (χ2n) is 4.49. The van der Waals surface area contributed by atoms with Gasteiger partial charge in [0.05, 0.1) is 0 Å². The fraction of sp³-hybridized carbons (Fsp3) is 0.538. The maximum atomic E-state index is 3.27. The maximum absolute atomic E-state index is 3.27. The molecular formula is C13H20N2. The van der Waals surface area contributed by atoms with Gasteiger partial charge in [-0.1, -0.05) is 17.7 Å². The van der Waals surface area contributed by atoms with Crippen molar-refractivity contribution in [2.24, 2.45) is 0 Å². The highest BCUT2D eigenvalue weighted by molar-refractivity contribution is 5.57. The normalized spacial score (nSPS) is 20.2. The second-order valence-corrected chi connectivity index (χ2v) is 4.49. The lowest BCUT2D eigenvalue weighted by atomic mass is 9.95. The minimum absolute atomic E-state index is 0.644. The Morgan fingerprint density at radius 2 is 2.27 bits per heavy atom. The highest BCUT2D eigenvalue weighted by Gasteiger charge is 2.22. The summed E-state index contributed by atoms with van der Waals surface area (Å²) in [4.78, 5) is 2.41. The van der Waals surface area contributed by atoms with E-state index in [-0.39, 0.29) is 0 Å². The molecule has 1 atom stereocenters. The van der Waals surface area contributed by atoms with E-state index >= 15 is 0 Å². The van der Waals surface area contributed by atoms with Gasteiger partial charge in [-0.25, -0.2) is 0 Å². The number of hydrogen-bond donors (Lipinski definition) is 1. The van der Waals surface area contributed by atoms with Crippen molar-refractivity contribution in [2.45, 2.75) is 25.8 Å². The third-order valence-electron chi connectivity index (χ3n) is 3.35. The highest BCUT2D eigenvalue weighted by Crippen LogP contribution is 2.29. The van der Waals surface area contributed by atoms with Crippen molar-refractivity contribution in [1.82, 2.24) is 5.32 Å². The number of anilines is 1. The van der Waals surface area contributed by atoms with Crippen LogP contribution in [0.25, 0.3) is 0 Å². The van der Waals surface area contributed by atoms with Crippen molar-refractivity contribution < 1.29 is 0 Å². The van der Waals surface area contributed by atoms with Gasteiger partial charge in [-0.3, -0.25) is 0 Å². The number of fused-ring (bicyclic) bond motifs is 1. The van der Waals surface area contributed by atoms with Gasteiger partial charge in [-0.15, -0.1) is 0 Å². The third-order valence-corrected chi connectivity index (χ3v) is 3.35. The summed E-state index contributed by atoms with van der Waals surface area (Å²) in [6.45, 7) is 3.24. The van der Waals surface area contributed by atoms with Crippen LogP contribution in [0.5, 0.6) is 0 Å². The van der Waals surface area contributed by atoms with Crippen LogP contribution in [0.15, 0.2) is 18.2 Å². The van der Waals surface area contributed by atoms with E-state index in [1.807, 2.05) is 7.05 Å². The van der Waals surface area contributed by atoms with Crippen molar-refractivity contribution in [3.63, 3.8) is 0 Å². The van der Waals surface area contributed by atoms with E-state index in [0.29, 0.717) is 6.04 Å². The Morgan fingerprint density at radius 3 is 3.00 bits per heavy atom. The van der Waals surface area contributed by atoms with Crippen LogP contribution in [0.3, 0.4) is 0 Å². The summed E-state index contributed by atoms with van der Waals surface area (Å²) in [5.41, 5.74) is 4.28. The van der Waals surface area contributed by atoms with E-state index in [1.54, 1.807) is 0 Å². The van der Waals surface area contributed by atoms with Crippen LogP contribution in [0.4, 0.5) is 5.69 Å². The first-order chi connectivity index (χ1) is 7.22. The van der Waals surface area contributed by atoms with Crippen molar-refractivity contribution in [3.05, 3.63) is 29.3 Å². The summed E-state index contributed by atoms with van der Waals surface area (Å²) in [6.07, 6.45) is 2.47. The Morgan fingerprint density at radius 1 is 1.47 bits per heavy atom. The third kappa shape index (κ3) is 2.00. The molecule has 0 aromatic heterocycles. The van der Waals surface area contributed by atoms with E-state index in [2.05, 4.69) is 42.4 Å². The molecule has 0 saturated heterocycles. The molecule has 0 spiro atoms. The molecule has 1 aliphatic rings. The molecule has 1 aromatic carbocycles. The van der Waals surface area contributed by atoms with Crippen LogP contribution in [0, 0.1) is 6.92 Å². The largest absolute Gasteiger partial charge is 0.370 e. The summed E-state index contributed by atoms with van der Waals surface area (Å²) in [6, 6.07) is 7.43. The van der Waals surface area contributed by atoms with Crippen molar-refractivity contribution in [1.29, 1.82) is 0 Å². The SMILES string of the molecule is CNCC1CCc2cc(C)ccc2N1C. The van der Waals surface area contributed by atoms with E-state index < -0.39 is 0 Å². The maximum Gasteiger partial charge on any atom is 0.0414 e. The number of hydrogen-bond acceptors (Lipinski definition) is 2. The first-order valence-corrected chi connectivity index (χ1v) is 5.69. The molecule has 1 aliphatic heterocycles. The number of likely N-dealkylation sites (N-methyl/N-ethyl adjacent to an activating group) is 2. The van der Waals surface area contributed by atoms with Gasteiger partial charge < -0.3 is 10.2 Å². The van der Waals surface area contributed by atoms with Crippen LogP contribution < -0.4 is 10.2 Å². The van der Waals surface area contributed by atoms with Crippen molar-refractivity contribution in [2.75, 3.05) is 25.5 Å². The molecule has 0 bridgehead atoms. The molecule has 0 fully saturated rings. The monoisotopic (exact) mass is 204 g/mol. The van der Waals surface area contributed by atoms with Gasteiger partial charge in [-0.2, -0.15) is 0 Å². The van der Waals surface area contributed by atoms with Gasteiger partial charge >= 0.3 is 0 Å². The van der Waals surface area contributed by atoms with Gasteiger partial charge in [0, 0.05) is 25.3 Å². The lowest BCUT2D eigenvalue weighted by molar-refractivity contribution is 0.530. The summed E-state index contributed by atoms with van der Waals surface area (Å²) in [5, 5.41) is 3.27. The second kappa shape index (κ2) is 4.23. The first kappa shape index (κ1) is 10.5. The quantitative estimate of drug-likeness (QED) is 0.792. The zero-order valence-electron chi connectivity index (χ0n) is 9.88. The molecule has 0 aliphatic carbocycles. The van der Waals surface area contributed by atoms with Crippen LogP contribution in [0.2, 0.25) is 0 Å². The number of benzene rings is 1. The Bertz CT molecular complexity index is 346. The van der Waals surface area contributed by atoms with Crippen LogP contribution in [-0.4, -0.2) is 26.7 Å². The Hall–Kier alpha value is -1.02.